The molecule has 3 aromatic rings. The zero-order chi connectivity index (χ0) is 18.4. The number of hydrogen-bond acceptors (Lipinski definition) is 3. The number of carbonyl (C=O) groups excluding carboxylic acids is 1. The van der Waals surface area contributed by atoms with E-state index in [2.05, 4.69) is 15.3 Å². The quantitative estimate of drug-likeness (QED) is 0.709. The first kappa shape index (κ1) is 18.0. The molecule has 0 spiro atoms. The van der Waals surface area contributed by atoms with Gasteiger partial charge in [0.05, 0.1) is 10.7 Å². The van der Waals surface area contributed by atoms with Crippen molar-refractivity contribution in [3.05, 3.63) is 83.0 Å². The summed E-state index contributed by atoms with van der Waals surface area (Å²) in [5, 5.41) is 2.93. The molecule has 0 fully saturated rings. The number of halogens is 2. The highest BCUT2D eigenvalue weighted by Crippen LogP contribution is 2.17. The number of nitrogens with one attached hydrogen (secondary N) is 1. The second-order valence-corrected chi connectivity index (χ2v) is 6.23. The second kappa shape index (κ2) is 8.54. The molecule has 2 aromatic heterocycles. The van der Waals surface area contributed by atoms with Crippen LogP contribution in [0.15, 0.2) is 61.1 Å². The van der Waals surface area contributed by atoms with Crippen LogP contribution in [0.25, 0.3) is 11.3 Å². The zero-order valence-electron chi connectivity index (χ0n) is 14.0. The van der Waals surface area contributed by atoms with Gasteiger partial charge in [0, 0.05) is 37.1 Å². The molecule has 3 rings (SSSR count). The highest BCUT2D eigenvalue weighted by molar-refractivity contribution is 6.30. The standard InChI is InChI=1S/C20H17ClFN3O/c21-17-10-14(3-6-18(17)22)5-8-20(26)25-12-15-4-7-19(24-11-15)16-2-1-9-23-13-16/h1-4,6-7,9-11,13H,5,8,12H2,(H,25,26). The maximum absolute atomic E-state index is 13.1. The van der Waals surface area contributed by atoms with Crippen LogP contribution in [0.4, 0.5) is 4.39 Å². The zero-order valence-corrected chi connectivity index (χ0v) is 14.7. The Kier molecular flexibility index (Phi) is 5.92. The van der Waals surface area contributed by atoms with E-state index in [1.807, 2.05) is 24.3 Å². The summed E-state index contributed by atoms with van der Waals surface area (Å²) in [7, 11) is 0. The van der Waals surface area contributed by atoms with Gasteiger partial charge in [-0.05, 0) is 47.9 Å². The fourth-order valence-corrected chi connectivity index (χ4v) is 2.66. The number of pyridine rings is 2. The van der Waals surface area contributed by atoms with Crippen molar-refractivity contribution >= 4 is 17.5 Å². The summed E-state index contributed by atoms with van der Waals surface area (Å²) in [6, 6.07) is 12.1. The van der Waals surface area contributed by atoms with Gasteiger partial charge >= 0.3 is 0 Å². The lowest BCUT2D eigenvalue weighted by molar-refractivity contribution is -0.121. The minimum Gasteiger partial charge on any atom is -0.352 e. The van der Waals surface area contributed by atoms with E-state index in [-0.39, 0.29) is 10.9 Å². The third-order valence-corrected chi connectivity index (χ3v) is 4.19. The van der Waals surface area contributed by atoms with E-state index in [0.717, 1.165) is 22.4 Å². The topological polar surface area (TPSA) is 54.9 Å². The summed E-state index contributed by atoms with van der Waals surface area (Å²) < 4.78 is 13.1. The summed E-state index contributed by atoms with van der Waals surface area (Å²) in [4.78, 5) is 20.5. The average Bonchev–Trinajstić information content (AvgIpc) is 2.68. The Morgan fingerprint density at radius 1 is 1.12 bits per heavy atom. The third-order valence-electron chi connectivity index (χ3n) is 3.90. The highest BCUT2D eigenvalue weighted by atomic mass is 35.5. The molecule has 0 aliphatic carbocycles. The molecule has 0 bridgehead atoms. The Bertz CT molecular complexity index is 885. The van der Waals surface area contributed by atoms with Gasteiger partial charge in [-0.15, -0.1) is 0 Å². The molecule has 0 atom stereocenters. The molecule has 6 heteroatoms. The fraction of sp³-hybridized carbons (Fsp3) is 0.150. The SMILES string of the molecule is O=C(CCc1ccc(F)c(Cl)c1)NCc1ccc(-c2cccnc2)nc1. The van der Waals surface area contributed by atoms with Crippen LogP contribution >= 0.6 is 11.6 Å². The Hall–Kier alpha value is -2.79. The van der Waals surface area contributed by atoms with Crippen molar-refractivity contribution in [3.8, 4) is 11.3 Å². The predicted octanol–water partition coefficient (Wildman–Crippen LogP) is 4.19. The molecule has 0 saturated carbocycles. The van der Waals surface area contributed by atoms with Gasteiger partial charge in [0.1, 0.15) is 5.82 Å². The van der Waals surface area contributed by atoms with Crippen LogP contribution in [0, 0.1) is 5.82 Å². The number of amides is 1. The van der Waals surface area contributed by atoms with Crippen LogP contribution in [-0.4, -0.2) is 15.9 Å². The molecular weight excluding hydrogens is 353 g/mol. The molecule has 0 aliphatic rings. The van der Waals surface area contributed by atoms with Gasteiger partial charge in [-0.3, -0.25) is 14.8 Å². The molecule has 0 radical (unpaired) electrons. The first-order chi connectivity index (χ1) is 12.6. The van der Waals surface area contributed by atoms with Crippen LogP contribution in [0.1, 0.15) is 17.5 Å². The van der Waals surface area contributed by atoms with Gasteiger partial charge in [-0.1, -0.05) is 23.7 Å². The van der Waals surface area contributed by atoms with Gasteiger partial charge in [-0.25, -0.2) is 4.39 Å². The Morgan fingerprint density at radius 2 is 1.96 bits per heavy atom. The van der Waals surface area contributed by atoms with Crippen molar-refractivity contribution in [2.45, 2.75) is 19.4 Å². The molecule has 0 aliphatic heterocycles. The molecule has 1 N–H and O–H groups in total. The number of nitrogens with zero attached hydrogens (tertiary/aromatic N) is 2. The van der Waals surface area contributed by atoms with Gasteiger partial charge in [0.2, 0.25) is 5.91 Å². The summed E-state index contributed by atoms with van der Waals surface area (Å²) in [5.41, 5.74) is 3.52. The fourth-order valence-electron chi connectivity index (χ4n) is 2.46. The first-order valence-electron chi connectivity index (χ1n) is 8.18. The van der Waals surface area contributed by atoms with Crippen LogP contribution in [0.5, 0.6) is 0 Å². The van der Waals surface area contributed by atoms with E-state index < -0.39 is 5.82 Å². The lowest BCUT2D eigenvalue weighted by Crippen LogP contribution is -2.23. The van der Waals surface area contributed by atoms with Crippen LogP contribution in [-0.2, 0) is 17.8 Å². The number of carbonyl (C=O) groups is 1. The van der Waals surface area contributed by atoms with Crippen molar-refractivity contribution in [2.75, 3.05) is 0 Å². The maximum Gasteiger partial charge on any atom is 0.220 e. The van der Waals surface area contributed by atoms with Gasteiger partial charge in [0.15, 0.2) is 0 Å². The Balaban J connectivity index is 1.49. The minimum absolute atomic E-state index is 0.0719. The summed E-state index contributed by atoms with van der Waals surface area (Å²) in [6.45, 7) is 0.406. The average molecular weight is 370 g/mol. The predicted molar refractivity (Wildman–Crippen MR) is 99.0 cm³/mol. The molecule has 1 amide bonds. The smallest absolute Gasteiger partial charge is 0.220 e. The van der Waals surface area contributed by atoms with E-state index in [4.69, 9.17) is 11.6 Å². The molecule has 4 nitrogen and oxygen atoms in total. The molecule has 1 aromatic carbocycles. The van der Waals surface area contributed by atoms with Crippen LogP contribution < -0.4 is 5.32 Å². The minimum atomic E-state index is -0.456. The molecule has 0 unspecified atom stereocenters. The second-order valence-electron chi connectivity index (χ2n) is 5.82. The summed E-state index contributed by atoms with van der Waals surface area (Å²) >= 11 is 5.74. The first-order valence-corrected chi connectivity index (χ1v) is 8.55. The number of hydrogen-bond donors (Lipinski definition) is 1. The lowest BCUT2D eigenvalue weighted by Gasteiger charge is -2.07. The number of rotatable bonds is 6. The monoisotopic (exact) mass is 369 g/mol. The molecule has 132 valence electrons. The Labute approximate surface area is 156 Å². The summed E-state index contributed by atoms with van der Waals surface area (Å²) in [6.07, 6.45) is 6.02. The molecule has 2 heterocycles. The van der Waals surface area contributed by atoms with Crippen molar-refractivity contribution in [3.63, 3.8) is 0 Å². The van der Waals surface area contributed by atoms with Gasteiger partial charge in [0.25, 0.3) is 0 Å². The van der Waals surface area contributed by atoms with Crippen LogP contribution in [0.2, 0.25) is 5.02 Å². The van der Waals surface area contributed by atoms with Crippen molar-refractivity contribution < 1.29 is 9.18 Å². The Morgan fingerprint density at radius 3 is 2.65 bits per heavy atom. The molecule has 0 saturated heterocycles. The summed E-state index contributed by atoms with van der Waals surface area (Å²) in [5.74, 6) is -0.538. The van der Waals surface area contributed by atoms with E-state index in [1.54, 1.807) is 30.7 Å². The lowest BCUT2D eigenvalue weighted by atomic mass is 10.1. The number of aromatic nitrogens is 2. The van der Waals surface area contributed by atoms with E-state index in [0.29, 0.717) is 19.4 Å². The van der Waals surface area contributed by atoms with E-state index in [1.165, 1.54) is 6.07 Å². The largest absolute Gasteiger partial charge is 0.352 e. The van der Waals surface area contributed by atoms with Crippen LogP contribution in [0.3, 0.4) is 0 Å². The number of benzene rings is 1. The van der Waals surface area contributed by atoms with Crippen molar-refractivity contribution in [2.24, 2.45) is 0 Å². The maximum atomic E-state index is 13.1. The highest BCUT2D eigenvalue weighted by Gasteiger charge is 2.06. The normalized spacial score (nSPS) is 10.5. The van der Waals surface area contributed by atoms with Crippen molar-refractivity contribution in [1.29, 1.82) is 0 Å². The van der Waals surface area contributed by atoms with Gasteiger partial charge in [-0.2, -0.15) is 0 Å². The number of aryl methyl sites for hydroxylation is 1. The van der Waals surface area contributed by atoms with E-state index >= 15 is 0 Å². The van der Waals surface area contributed by atoms with E-state index in [9.17, 15) is 9.18 Å². The third kappa shape index (κ3) is 4.86. The van der Waals surface area contributed by atoms with Gasteiger partial charge < -0.3 is 5.32 Å². The molecular formula is C20H17ClFN3O. The molecule has 26 heavy (non-hydrogen) atoms. The van der Waals surface area contributed by atoms with Crippen molar-refractivity contribution in [1.82, 2.24) is 15.3 Å².